The number of esters is 3. The van der Waals surface area contributed by atoms with Crippen molar-refractivity contribution in [1.29, 1.82) is 0 Å². The van der Waals surface area contributed by atoms with E-state index in [9.17, 15) is 14.4 Å². The van der Waals surface area contributed by atoms with E-state index in [1.165, 1.54) is 50.1 Å². The molecule has 0 bridgehead atoms. The van der Waals surface area contributed by atoms with Crippen LogP contribution in [0.3, 0.4) is 0 Å². The number of carbonyl (C=O) groups excluding carboxylic acids is 3. The van der Waals surface area contributed by atoms with E-state index in [2.05, 4.69) is 137 Å². The molecule has 0 radical (unpaired) electrons. The minimum Gasteiger partial charge on any atom is -0.423 e. The average molecular weight is 1700 g/mol. The zero-order valence-electron chi connectivity index (χ0n) is 82.5. The van der Waals surface area contributed by atoms with Crippen molar-refractivity contribution in [2.24, 2.45) is 0 Å². The highest BCUT2D eigenvalue weighted by atomic mass is 17.2. The lowest BCUT2D eigenvalue weighted by Gasteiger charge is -2.07. The largest absolute Gasteiger partial charge is 0.423 e. The number of rotatable bonds is 20. The molecule has 0 aliphatic carbocycles. The van der Waals surface area contributed by atoms with Crippen LogP contribution in [0.25, 0.3) is 0 Å². The SMILES string of the molecule is CC.CC.CC.CC.CC.CC.CC.CC.CC.CC.CC.CC.Cc1ccc(C#Cc2ccc(OOCc3ccc(C)cc3)cc2)cc1.Cc1ccc(C(=O)Oc2ccc(OC(=O)c3ccc(C)cc3)cc2)cc1.Cc1ccc(CCc2ccc(CCc3ccc(C)cc3)cc2)cc1.Cc1ccc(COOc2ccc(OC(=O)c3ccc(C)cc3)cc2)cc1. The fraction of sp³-hybridized carbons (Fsp3) is 0.330. The lowest BCUT2D eigenvalue weighted by Crippen LogP contribution is -2.09. The number of carbonyl (C=O) groups is 3. The van der Waals surface area contributed by atoms with Crippen LogP contribution in [-0.2, 0) is 48.7 Å². The van der Waals surface area contributed by atoms with E-state index in [0.29, 0.717) is 58.7 Å². The van der Waals surface area contributed by atoms with Gasteiger partial charge in [0.05, 0.1) is 16.7 Å². The molecule has 0 fully saturated rings. The van der Waals surface area contributed by atoms with Crippen LogP contribution in [0.1, 0.15) is 286 Å². The number of aryl methyl sites for hydroxylation is 12. The molecule has 10 heteroatoms. The molecule has 125 heavy (non-hydrogen) atoms. The first-order valence-corrected chi connectivity index (χ1v) is 45.6. The van der Waals surface area contributed by atoms with Crippen molar-refractivity contribution in [1.82, 2.24) is 0 Å². The Bertz CT molecular complexity index is 4430. The van der Waals surface area contributed by atoms with E-state index in [0.717, 1.165) is 64.6 Å². The van der Waals surface area contributed by atoms with Gasteiger partial charge in [-0.2, -0.15) is 9.78 Å². The van der Waals surface area contributed by atoms with Crippen LogP contribution >= 0.6 is 0 Å². The van der Waals surface area contributed by atoms with Gasteiger partial charge >= 0.3 is 17.9 Å². The van der Waals surface area contributed by atoms with E-state index in [-0.39, 0.29) is 0 Å². The molecule has 0 aliphatic rings. The summed E-state index contributed by atoms with van der Waals surface area (Å²) in [4.78, 5) is 57.4. The minimum absolute atomic E-state index is 0.352. The molecule has 0 amide bonds. The van der Waals surface area contributed by atoms with Gasteiger partial charge < -0.3 is 24.0 Å². The summed E-state index contributed by atoms with van der Waals surface area (Å²) in [6.45, 7) is 65.1. The summed E-state index contributed by atoms with van der Waals surface area (Å²) in [5, 5.41) is 0. The summed E-state index contributed by atoms with van der Waals surface area (Å²) in [5.74, 6) is 7.44. The van der Waals surface area contributed by atoms with Crippen LogP contribution in [0.2, 0.25) is 0 Å². The van der Waals surface area contributed by atoms with Crippen LogP contribution < -0.4 is 24.0 Å². The molecular formula is C115H156O10. The van der Waals surface area contributed by atoms with Gasteiger partial charge in [0.15, 0.2) is 11.5 Å². The molecule has 10 nitrogen and oxygen atoms in total. The van der Waals surface area contributed by atoms with Crippen molar-refractivity contribution in [3.05, 3.63) is 397 Å². The molecule has 12 aromatic rings. The third kappa shape index (κ3) is 53.7. The summed E-state index contributed by atoms with van der Waals surface area (Å²) in [7, 11) is 0. The Hall–Kier alpha value is -11.9. The summed E-state index contributed by atoms with van der Waals surface area (Å²) in [6, 6.07) is 93.4. The van der Waals surface area contributed by atoms with Gasteiger partial charge in [0.2, 0.25) is 0 Å². The average Bonchev–Trinajstić information content (AvgIpc) is 0.861. The predicted molar refractivity (Wildman–Crippen MR) is 538 cm³/mol. The minimum atomic E-state index is -0.436. The fourth-order valence-corrected chi connectivity index (χ4v) is 9.74. The predicted octanol–water partition coefficient (Wildman–Crippen LogP) is 33.2. The molecule has 0 heterocycles. The van der Waals surface area contributed by atoms with Crippen molar-refractivity contribution < 1.29 is 48.1 Å². The van der Waals surface area contributed by atoms with Crippen molar-refractivity contribution >= 4 is 17.9 Å². The topological polar surface area (TPSA) is 116 Å². The molecule has 12 aromatic carbocycles. The Morgan fingerprint density at radius 3 is 0.552 bits per heavy atom. The van der Waals surface area contributed by atoms with Crippen molar-refractivity contribution in [3.8, 4) is 40.6 Å². The summed E-state index contributed by atoms with van der Waals surface area (Å²) >= 11 is 0. The van der Waals surface area contributed by atoms with Crippen LogP contribution in [0, 0.1) is 67.2 Å². The number of ether oxygens (including phenoxy) is 3. The quantitative estimate of drug-likeness (QED) is 0.0240. The van der Waals surface area contributed by atoms with E-state index in [4.69, 9.17) is 33.8 Å². The summed E-state index contributed by atoms with van der Waals surface area (Å²) in [5.41, 5.74) is 20.8. The van der Waals surface area contributed by atoms with Crippen LogP contribution in [0.5, 0.6) is 28.7 Å². The van der Waals surface area contributed by atoms with Crippen molar-refractivity contribution in [2.75, 3.05) is 0 Å². The first-order valence-electron chi connectivity index (χ1n) is 45.6. The molecule has 0 atom stereocenters. The van der Waals surface area contributed by atoms with Gasteiger partial charge in [-0.3, -0.25) is 0 Å². The van der Waals surface area contributed by atoms with Gasteiger partial charge in [-0.25, -0.2) is 14.4 Å². The molecule has 0 N–H and O–H groups in total. The maximum Gasteiger partial charge on any atom is 0.343 e. The van der Waals surface area contributed by atoms with Gasteiger partial charge in [-0.05, 0) is 236 Å². The Morgan fingerprint density at radius 1 is 0.192 bits per heavy atom. The van der Waals surface area contributed by atoms with Gasteiger partial charge in [-0.1, -0.05) is 392 Å². The molecule has 0 aromatic heterocycles. The second kappa shape index (κ2) is 79.3. The number of benzene rings is 12. The zero-order chi connectivity index (χ0) is 95.1. The Kier molecular flexibility index (Phi) is 75.8. The lowest BCUT2D eigenvalue weighted by atomic mass is 10.00. The molecule has 0 unspecified atom stereocenters. The summed E-state index contributed by atoms with van der Waals surface area (Å²) < 4.78 is 16.0. The van der Waals surface area contributed by atoms with Crippen LogP contribution in [0.15, 0.2) is 291 Å². The number of hydrogen-bond acceptors (Lipinski definition) is 10. The molecule has 0 saturated heterocycles. The zero-order valence-corrected chi connectivity index (χ0v) is 82.5. The standard InChI is InChI=1S/C24H26.C23H20O2.C22H20O4.C22H18O4.12C2H6/c1-19-3-7-21(8-4-19)11-13-23-15-17-24(18-16-23)14-12-22-9-5-20(2)6-10-22;1-18-3-7-20(8-4-18)11-12-21-13-15-23(16-14-21)25-24-17-22-9-5-19(2)6-10-22;1-16-3-7-18(8-4-16)15-24-26-21-13-11-20(12-14-21)25-22(23)19-9-5-17(2)6-10-19;1-15-3-7-17(8-4-15)21(23)25-19-11-13-20(14-12-19)26-22(24)18-9-5-16(2)6-10-18;12*1-2/h3-10,15-18H,11-14H2,1-2H3;3-10,13-16H,17H2,1-2H3;3-14H,15H2,1-2H3;3-14H,1-2H3;12*1-2H3. The first kappa shape index (κ1) is 119. The van der Waals surface area contributed by atoms with Crippen molar-refractivity contribution in [3.63, 3.8) is 0 Å². The molecule has 12 rings (SSSR count). The lowest BCUT2D eigenvalue weighted by molar-refractivity contribution is -0.217. The first-order chi connectivity index (χ1) is 61.0. The number of hydrogen-bond donors (Lipinski definition) is 0. The highest BCUT2D eigenvalue weighted by Crippen LogP contribution is 2.23. The van der Waals surface area contributed by atoms with Gasteiger partial charge in [0.25, 0.3) is 0 Å². The molecule has 0 aliphatic heterocycles. The third-order valence-electron chi connectivity index (χ3n) is 16.1. The third-order valence-corrected chi connectivity index (χ3v) is 16.1. The van der Waals surface area contributed by atoms with Gasteiger partial charge in [0.1, 0.15) is 30.5 Å². The second-order valence-electron chi connectivity index (χ2n) is 24.8. The fourth-order valence-electron chi connectivity index (χ4n) is 9.74. The monoisotopic (exact) mass is 1700 g/mol. The van der Waals surface area contributed by atoms with E-state index in [1.54, 1.807) is 84.9 Å². The molecule has 0 spiro atoms. The van der Waals surface area contributed by atoms with E-state index < -0.39 is 17.9 Å². The highest BCUT2D eigenvalue weighted by Gasteiger charge is 2.13. The Labute approximate surface area is 759 Å². The van der Waals surface area contributed by atoms with Crippen LogP contribution in [0.4, 0.5) is 0 Å². The molecule has 0 saturated carbocycles. The normalized spacial score (nSPS) is 8.93. The van der Waals surface area contributed by atoms with Crippen LogP contribution in [-0.4, -0.2) is 17.9 Å². The molecule has 676 valence electrons. The smallest absolute Gasteiger partial charge is 0.343 e. The van der Waals surface area contributed by atoms with E-state index >= 15 is 0 Å². The van der Waals surface area contributed by atoms with Crippen molar-refractivity contribution in [2.45, 2.75) is 260 Å². The van der Waals surface area contributed by atoms with Gasteiger partial charge in [-0.15, -0.1) is 0 Å². The van der Waals surface area contributed by atoms with E-state index in [1.807, 2.05) is 303 Å². The Morgan fingerprint density at radius 2 is 0.344 bits per heavy atom. The van der Waals surface area contributed by atoms with Gasteiger partial charge in [0, 0.05) is 11.1 Å². The Balaban J connectivity index is -0.000000720. The molecular weight excluding hydrogens is 1540 g/mol. The second-order valence-corrected chi connectivity index (χ2v) is 24.8. The highest BCUT2D eigenvalue weighted by molar-refractivity contribution is 5.92. The summed E-state index contributed by atoms with van der Waals surface area (Å²) in [6.07, 6.45) is 4.45. The maximum absolute atomic E-state index is 12.1. The maximum atomic E-state index is 12.1.